The molecule has 1 atom stereocenters. The number of benzene rings is 1. The molecule has 6 nitrogen and oxygen atoms in total. The average molecular weight is 237 g/mol. The number of carbonyl (C=O) groups is 2. The topological polar surface area (TPSA) is 84.9 Å². The van der Waals surface area contributed by atoms with Crippen molar-refractivity contribution in [3.63, 3.8) is 0 Å². The standard InChI is InChI=1S/C11H11NO5/c1-11(10(14)15)9(13)12-7-5-6(16-2)3-4-8(7)17-11/h3-5H,1-2H3,(H,12,13)(H,14,15)/t11-/m1/s1. The molecule has 1 aliphatic heterocycles. The third-order valence-corrected chi connectivity index (χ3v) is 2.59. The summed E-state index contributed by atoms with van der Waals surface area (Å²) < 4.78 is 10.2. The molecule has 0 spiro atoms. The van der Waals surface area contributed by atoms with Crippen LogP contribution in [0.1, 0.15) is 6.92 Å². The van der Waals surface area contributed by atoms with Crippen LogP contribution >= 0.6 is 0 Å². The van der Waals surface area contributed by atoms with Gasteiger partial charge < -0.3 is 19.9 Å². The second kappa shape index (κ2) is 3.65. The first kappa shape index (κ1) is 11.3. The number of fused-ring (bicyclic) bond motifs is 1. The maximum absolute atomic E-state index is 11.7. The molecule has 0 saturated heterocycles. The number of carboxylic acid groups (broad SMARTS) is 1. The summed E-state index contributed by atoms with van der Waals surface area (Å²) in [4.78, 5) is 22.7. The van der Waals surface area contributed by atoms with Gasteiger partial charge in [0.05, 0.1) is 12.8 Å². The molecule has 0 aliphatic carbocycles. The molecule has 0 saturated carbocycles. The van der Waals surface area contributed by atoms with Gasteiger partial charge in [0.25, 0.3) is 11.5 Å². The van der Waals surface area contributed by atoms with Crippen LogP contribution in [0.4, 0.5) is 5.69 Å². The van der Waals surface area contributed by atoms with Crippen LogP contribution in [0.2, 0.25) is 0 Å². The van der Waals surface area contributed by atoms with Crippen molar-refractivity contribution in [2.45, 2.75) is 12.5 Å². The largest absolute Gasteiger partial charge is 0.497 e. The van der Waals surface area contributed by atoms with Gasteiger partial charge in [-0.1, -0.05) is 0 Å². The zero-order valence-corrected chi connectivity index (χ0v) is 9.31. The summed E-state index contributed by atoms with van der Waals surface area (Å²) in [6.45, 7) is 1.21. The molecule has 1 aliphatic rings. The number of carboxylic acids is 1. The van der Waals surface area contributed by atoms with Crippen LogP contribution in [0.5, 0.6) is 11.5 Å². The summed E-state index contributed by atoms with van der Waals surface area (Å²) >= 11 is 0. The molecule has 6 heteroatoms. The minimum atomic E-state index is -1.90. The van der Waals surface area contributed by atoms with E-state index < -0.39 is 17.5 Å². The molecule has 2 N–H and O–H groups in total. The number of hydrogen-bond donors (Lipinski definition) is 2. The van der Waals surface area contributed by atoms with Gasteiger partial charge in [-0.25, -0.2) is 4.79 Å². The van der Waals surface area contributed by atoms with Crippen LogP contribution in [0.15, 0.2) is 18.2 Å². The molecule has 0 radical (unpaired) electrons. The lowest BCUT2D eigenvalue weighted by atomic mass is 10.0. The fourth-order valence-electron chi connectivity index (χ4n) is 1.47. The van der Waals surface area contributed by atoms with Gasteiger partial charge in [-0.05, 0) is 19.1 Å². The molecule has 17 heavy (non-hydrogen) atoms. The second-order valence-corrected chi connectivity index (χ2v) is 3.76. The highest BCUT2D eigenvalue weighted by Crippen LogP contribution is 2.36. The molecule has 0 fully saturated rings. The Kier molecular flexibility index (Phi) is 2.42. The van der Waals surface area contributed by atoms with E-state index in [4.69, 9.17) is 14.6 Å². The second-order valence-electron chi connectivity index (χ2n) is 3.76. The van der Waals surface area contributed by atoms with Crippen molar-refractivity contribution in [3.8, 4) is 11.5 Å². The molecule has 0 aromatic heterocycles. The molecule has 1 amide bonds. The summed E-state index contributed by atoms with van der Waals surface area (Å²) in [6.07, 6.45) is 0. The first-order valence-electron chi connectivity index (χ1n) is 4.89. The third-order valence-electron chi connectivity index (χ3n) is 2.59. The number of carbonyl (C=O) groups excluding carboxylic acids is 1. The van der Waals surface area contributed by atoms with E-state index in [9.17, 15) is 9.59 Å². The van der Waals surface area contributed by atoms with Gasteiger partial charge >= 0.3 is 5.97 Å². The molecular formula is C11H11NO5. The minimum Gasteiger partial charge on any atom is -0.497 e. The number of rotatable bonds is 2. The predicted molar refractivity (Wildman–Crippen MR) is 58.3 cm³/mol. The molecular weight excluding hydrogens is 226 g/mol. The monoisotopic (exact) mass is 237 g/mol. The van der Waals surface area contributed by atoms with Crippen LogP contribution in [0.3, 0.4) is 0 Å². The Balaban J connectivity index is 2.43. The highest BCUT2D eigenvalue weighted by Gasteiger charge is 2.47. The Bertz CT molecular complexity index is 499. The van der Waals surface area contributed by atoms with Gasteiger partial charge in [-0.15, -0.1) is 0 Å². The summed E-state index contributed by atoms with van der Waals surface area (Å²) in [7, 11) is 1.49. The predicted octanol–water partition coefficient (Wildman–Crippen LogP) is 0.869. The number of hydrogen-bond acceptors (Lipinski definition) is 4. The van der Waals surface area contributed by atoms with Crippen LogP contribution in [0.25, 0.3) is 0 Å². The molecule has 1 aromatic carbocycles. The number of methoxy groups -OCH3 is 1. The summed E-state index contributed by atoms with van der Waals surface area (Å²) in [5.41, 5.74) is -1.50. The zero-order chi connectivity index (χ0) is 12.6. The molecule has 2 rings (SSSR count). The average Bonchev–Trinajstić information content (AvgIpc) is 2.30. The first-order valence-corrected chi connectivity index (χ1v) is 4.89. The number of aliphatic carboxylic acids is 1. The lowest BCUT2D eigenvalue weighted by Gasteiger charge is -2.31. The Morgan fingerprint density at radius 2 is 2.24 bits per heavy atom. The Morgan fingerprint density at radius 1 is 1.53 bits per heavy atom. The Hall–Kier alpha value is -2.24. The lowest BCUT2D eigenvalue weighted by molar-refractivity contribution is -0.159. The van der Waals surface area contributed by atoms with Gasteiger partial charge in [-0.3, -0.25) is 4.79 Å². The van der Waals surface area contributed by atoms with Crippen LogP contribution in [-0.2, 0) is 9.59 Å². The molecule has 1 aromatic rings. The van der Waals surface area contributed by atoms with E-state index in [0.717, 1.165) is 0 Å². The quantitative estimate of drug-likeness (QED) is 0.745. The van der Waals surface area contributed by atoms with Gasteiger partial charge in [0.15, 0.2) is 0 Å². The van der Waals surface area contributed by atoms with E-state index in [2.05, 4.69) is 5.32 Å². The van der Waals surface area contributed by atoms with Crippen molar-refractivity contribution in [1.29, 1.82) is 0 Å². The SMILES string of the molecule is COc1ccc2c(c1)NC(=O)[C@](C)(C(=O)O)O2. The lowest BCUT2D eigenvalue weighted by Crippen LogP contribution is -2.54. The van der Waals surface area contributed by atoms with Gasteiger partial charge in [0.2, 0.25) is 0 Å². The van der Waals surface area contributed by atoms with Crippen LogP contribution in [-0.4, -0.2) is 29.7 Å². The van der Waals surface area contributed by atoms with Crippen molar-refractivity contribution >= 4 is 17.6 Å². The van der Waals surface area contributed by atoms with E-state index in [1.807, 2.05) is 0 Å². The van der Waals surface area contributed by atoms with Crippen LogP contribution in [0, 0.1) is 0 Å². The van der Waals surface area contributed by atoms with Crippen molar-refractivity contribution < 1.29 is 24.2 Å². The van der Waals surface area contributed by atoms with Crippen molar-refractivity contribution in [3.05, 3.63) is 18.2 Å². The Morgan fingerprint density at radius 3 is 2.82 bits per heavy atom. The fraction of sp³-hybridized carbons (Fsp3) is 0.273. The molecule has 0 bridgehead atoms. The maximum Gasteiger partial charge on any atom is 0.357 e. The highest BCUT2D eigenvalue weighted by atomic mass is 16.5. The van der Waals surface area contributed by atoms with E-state index in [-0.39, 0.29) is 0 Å². The minimum absolute atomic E-state index is 0.301. The van der Waals surface area contributed by atoms with E-state index >= 15 is 0 Å². The fourth-order valence-corrected chi connectivity index (χ4v) is 1.47. The summed E-state index contributed by atoms with van der Waals surface area (Å²) in [5, 5.41) is 11.5. The Labute approximate surface area is 97.1 Å². The van der Waals surface area contributed by atoms with Crippen molar-refractivity contribution in [1.82, 2.24) is 0 Å². The maximum atomic E-state index is 11.7. The molecule has 1 heterocycles. The molecule has 90 valence electrons. The van der Waals surface area contributed by atoms with E-state index in [1.54, 1.807) is 18.2 Å². The zero-order valence-electron chi connectivity index (χ0n) is 9.31. The first-order chi connectivity index (χ1) is 7.97. The van der Waals surface area contributed by atoms with Gasteiger partial charge in [0, 0.05) is 6.07 Å². The van der Waals surface area contributed by atoms with Crippen molar-refractivity contribution in [2.24, 2.45) is 0 Å². The van der Waals surface area contributed by atoms with E-state index in [0.29, 0.717) is 17.2 Å². The normalized spacial score (nSPS) is 22.1. The van der Waals surface area contributed by atoms with Gasteiger partial charge in [0.1, 0.15) is 11.5 Å². The number of nitrogens with one attached hydrogen (secondary N) is 1. The third kappa shape index (κ3) is 1.67. The number of amides is 1. The smallest absolute Gasteiger partial charge is 0.357 e. The molecule has 0 unspecified atom stereocenters. The highest BCUT2D eigenvalue weighted by molar-refractivity contribution is 6.13. The summed E-state index contributed by atoms with van der Waals surface area (Å²) in [6, 6.07) is 4.74. The van der Waals surface area contributed by atoms with Crippen LogP contribution < -0.4 is 14.8 Å². The summed E-state index contributed by atoms with van der Waals surface area (Å²) in [5.74, 6) is -1.20. The number of ether oxygens (including phenoxy) is 2. The van der Waals surface area contributed by atoms with Gasteiger partial charge in [-0.2, -0.15) is 0 Å². The van der Waals surface area contributed by atoms with Crippen molar-refractivity contribution in [2.75, 3.05) is 12.4 Å². The van der Waals surface area contributed by atoms with E-state index in [1.165, 1.54) is 14.0 Å². The number of anilines is 1.